The van der Waals surface area contributed by atoms with E-state index in [1.807, 2.05) is 0 Å². The number of carbonyl (C=O) groups is 2. The molecule has 30 heavy (non-hydrogen) atoms. The van der Waals surface area contributed by atoms with Gasteiger partial charge in [0.2, 0.25) is 0 Å². The lowest BCUT2D eigenvalue weighted by Gasteiger charge is -2.33. The maximum atomic E-state index is 14.0. The summed E-state index contributed by atoms with van der Waals surface area (Å²) in [6, 6.07) is 12.4. The van der Waals surface area contributed by atoms with E-state index in [2.05, 4.69) is 15.0 Å². The van der Waals surface area contributed by atoms with Crippen LogP contribution in [-0.2, 0) is 9.53 Å². The maximum Gasteiger partial charge on any atom is 0.460 e. The zero-order chi connectivity index (χ0) is 21.8. The number of alkyl halides is 3. The topological polar surface area (TPSA) is 89.5 Å². The average Bonchev–Trinajstić information content (AvgIpc) is 3.09. The number of benzene rings is 2. The van der Waals surface area contributed by atoms with Gasteiger partial charge in [0.25, 0.3) is 0 Å². The summed E-state index contributed by atoms with van der Waals surface area (Å²) in [6.07, 6.45) is -5.33. The molecule has 2 aromatic carbocycles. The molecule has 3 rings (SSSR count). The standard InChI is InChI=1S/C19H16F3N3O4S/c1-2-28-15(26)18(19(20,21)22,29-12-8-4-3-5-9-12)25-16(27)24-17-23-13-10-6-7-11-14(13)30-17/h3-11H,2H2,1H3,(H2,23,24,25,27). The van der Waals surface area contributed by atoms with Gasteiger partial charge < -0.3 is 9.47 Å². The van der Waals surface area contributed by atoms with E-state index in [4.69, 9.17) is 4.74 Å². The third-order valence-electron chi connectivity index (χ3n) is 3.78. The number of hydrogen-bond acceptors (Lipinski definition) is 6. The van der Waals surface area contributed by atoms with Crippen LogP contribution in [0, 0.1) is 0 Å². The van der Waals surface area contributed by atoms with Crippen LogP contribution in [0.15, 0.2) is 54.6 Å². The van der Waals surface area contributed by atoms with Crippen molar-refractivity contribution >= 4 is 38.7 Å². The predicted molar refractivity (Wildman–Crippen MR) is 104 cm³/mol. The van der Waals surface area contributed by atoms with Crippen LogP contribution in [-0.4, -0.2) is 35.5 Å². The molecule has 0 saturated carbocycles. The molecule has 1 unspecified atom stereocenters. The molecule has 11 heteroatoms. The second-order valence-corrected chi connectivity index (χ2v) is 6.91. The third-order valence-corrected chi connectivity index (χ3v) is 4.73. The SMILES string of the molecule is CCOC(=O)C(NC(=O)Nc1nc2ccccc2s1)(Oc1ccccc1)C(F)(F)F. The fourth-order valence-corrected chi connectivity index (χ4v) is 3.34. The Morgan fingerprint density at radius 1 is 1.07 bits per heavy atom. The van der Waals surface area contributed by atoms with E-state index in [9.17, 15) is 22.8 Å². The molecule has 0 saturated heterocycles. The number of para-hydroxylation sites is 2. The summed E-state index contributed by atoms with van der Waals surface area (Å²) in [5, 5.41) is 3.85. The van der Waals surface area contributed by atoms with E-state index in [-0.39, 0.29) is 17.5 Å². The van der Waals surface area contributed by atoms with Crippen molar-refractivity contribution in [3.8, 4) is 5.75 Å². The first-order valence-corrected chi connectivity index (χ1v) is 9.49. The molecule has 0 fully saturated rings. The molecule has 1 aromatic heterocycles. The Bertz CT molecular complexity index is 1010. The lowest BCUT2D eigenvalue weighted by molar-refractivity contribution is -0.259. The number of carbonyl (C=O) groups excluding carboxylic acids is 2. The van der Waals surface area contributed by atoms with Crippen molar-refractivity contribution in [3.05, 3.63) is 54.6 Å². The summed E-state index contributed by atoms with van der Waals surface area (Å²) in [7, 11) is 0. The second-order valence-electron chi connectivity index (χ2n) is 5.88. The molecule has 2 N–H and O–H groups in total. The number of aromatic nitrogens is 1. The molecule has 2 amide bonds. The van der Waals surface area contributed by atoms with Crippen LogP contribution in [0.3, 0.4) is 0 Å². The number of amides is 2. The highest BCUT2D eigenvalue weighted by atomic mass is 32.1. The number of nitrogens with zero attached hydrogens (tertiary/aromatic N) is 1. The lowest BCUT2D eigenvalue weighted by Crippen LogP contribution is -2.69. The Hall–Kier alpha value is -3.34. The fourth-order valence-electron chi connectivity index (χ4n) is 2.47. The Morgan fingerprint density at radius 2 is 1.73 bits per heavy atom. The number of ether oxygens (including phenoxy) is 2. The summed E-state index contributed by atoms with van der Waals surface area (Å²) in [5.41, 5.74) is -3.20. The molecule has 158 valence electrons. The summed E-state index contributed by atoms with van der Waals surface area (Å²) < 4.78 is 52.3. The molecule has 0 radical (unpaired) electrons. The normalized spacial score (nSPS) is 13.3. The zero-order valence-electron chi connectivity index (χ0n) is 15.5. The van der Waals surface area contributed by atoms with Crippen LogP contribution in [0.4, 0.5) is 23.1 Å². The second kappa shape index (κ2) is 8.57. The van der Waals surface area contributed by atoms with E-state index >= 15 is 0 Å². The minimum atomic E-state index is -5.33. The van der Waals surface area contributed by atoms with Gasteiger partial charge in [-0.25, -0.2) is 14.6 Å². The smallest absolute Gasteiger partial charge is 0.460 e. The predicted octanol–water partition coefficient (Wildman–Crippen LogP) is 4.32. The van der Waals surface area contributed by atoms with Crippen molar-refractivity contribution in [1.82, 2.24) is 10.3 Å². The number of thiazole rings is 1. The van der Waals surface area contributed by atoms with Crippen molar-refractivity contribution in [1.29, 1.82) is 0 Å². The molecule has 0 spiro atoms. The molecule has 1 heterocycles. The van der Waals surface area contributed by atoms with Crippen LogP contribution in [0.25, 0.3) is 10.2 Å². The van der Waals surface area contributed by atoms with Gasteiger partial charge in [0.1, 0.15) is 5.75 Å². The van der Waals surface area contributed by atoms with Crippen LogP contribution < -0.4 is 15.4 Å². The minimum Gasteiger partial charge on any atom is -0.461 e. The summed E-state index contributed by atoms with van der Waals surface area (Å²) in [6.45, 7) is 0.985. The molecule has 0 aliphatic rings. The summed E-state index contributed by atoms with van der Waals surface area (Å²) in [4.78, 5) is 28.8. The third kappa shape index (κ3) is 4.46. The van der Waals surface area contributed by atoms with E-state index < -0.39 is 23.9 Å². The molecule has 0 aliphatic heterocycles. The van der Waals surface area contributed by atoms with Crippen molar-refractivity contribution < 1.29 is 32.2 Å². The van der Waals surface area contributed by atoms with Gasteiger partial charge in [-0.05, 0) is 31.2 Å². The van der Waals surface area contributed by atoms with Crippen LogP contribution in [0.2, 0.25) is 0 Å². The quantitative estimate of drug-likeness (QED) is 0.441. The molecule has 1 atom stereocenters. The number of fused-ring (bicyclic) bond motifs is 1. The van der Waals surface area contributed by atoms with Crippen molar-refractivity contribution in [2.75, 3.05) is 11.9 Å². The largest absolute Gasteiger partial charge is 0.461 e. The summed E-state index contributed by atoms with van der Waals surface area (Å²) >= 11 is 1.06. The number of hydrogen-bond donors (Lipinski definition) is 2. The fraction of sp³-hybridized carbons (Fsp3) is 0.211. The molecule has 3 aromatic rings. The van der Waals surface area contributed by atoms with E-state index in [1.54, 1.807) is 35.6 Å². The number of rotatable bonds is 6. The number of halogens is 3. The Labute approximate surface area is 172 Å². The van der Waals surface area contributed by atoms with Crippen molar-refractivity contribution in [3.63, 3.8) is 0 Å². The van der Waals surface area contributed by atoms with E-state index in [0.717, 1.165) is 16.0 Å². The number of nitrogens with one attached hydrogen (secondary N) is 2. The van der Waals surface area contributed by atoms with Crippen molar-refractivity contribution in [2.24, 2.45) is 0 Å². The van der Waals surface area contributed by atoms with Gasteiger partial charge in [0.15, 0.2) is 5.13 Å². The first-order chi connectivity index (χ1) is 14.2. The van der Waals surface area contributed by atoms with Gasteiger partial charge >= 0.3 is 23.9 Å². The Balaban J connectivity index is 1.91. The average molecular weight is 439 g/mol. The highest BCUT2D eigenvalue weighted by Crippen LogP contribution is 2.34. The zero-order valence-corrected chi connectivity index (χ0v) is 16.3. The van der Waals surface area contributed by atoms with Gasteiger partial charge in [-0.2, -0.15) is 13.2 Å². The monoisotopic (exact) mass is 439 g/mol. The molecule has 0 bridgehead atoms. The van der Waals surface area contributed by atoms with Gasteiger partial charge in [0.05, 0.1) is 16.8 Å². The van der Waals surface area contributed by atoms with Crippen LogP contribution in [0.5, 0.6) is 5.75 Å². The highest BCUT2D eigenvalue weighted by Gasteiger charge is 2.66. The molecule has 0 aliphatic carbocycles. The highest BCUT2D eigenvalue weighted by molar-refractivity contribution is 7.22. The number of anilines is 1. The Kier molecular flexibility index (Phi) is 6.11. The number of urea groups is 1. The molecule has 7 nitrogen and oxygen atoms in total. The van der Waals surface area contributed by atoms with Crippen molar-refractivity contribution in [2.45, 2.75) is 18.8 Å². The van der Waals surface area contributed by atoms with Crippen LogP contribution >= 0.6 is 11.3 Å². The van der Waals surface area contributed by atoms with Crippen LogP contribution in [0.1, 0.15) is 6.92 Å². The lowest BCUT2D eigenvalue weighted by atomic mass is 10.2. The van der Waals surface area contributed by atoms with E-state index in [0.29, 0.717) is 5.52 Å². The minimum absolute atomic E-state index is 0.0494. The van der Waals surface area contributed by atoms with Gasteiger partial charge in [-0.1, -0.05) is 41.7 Å². The first-order valence-electron chi connectivity index (χ1n) is 8.68. The van der Waals surface area contributed by atoms with Gasteiger partial charge in [-0.15, -0.1) is 0 Å². The maximum absolute atomic E-state index is 14.0. The van der Waals surface area contributed by atoms with Gasteiger partial charge in [0, 0.05) is 0 Å². The van der Waals surface area contributed by atoms with Gasteiger partial charge in [-0.3, -0.25) is 10.6 Å². The first kappa shape index (κ1) is 21.4. The molecular formula is C19H16F3N3O4S. The Morgan fingerprint density at radius 3 is 2.37 bits per heavy atom. The summed E-state index contributed by atoms with van der Waals surface area (Å²) in [5.74, 6) is -2.09. The molecular weight excluding hydrogens is 423 g/mol. The van der Waals surface area contributed by atoms with E-state index in [1.165, 1.54) is 31.2 Å². The number of esters is 1.